The van der Waals surface area contributed by atoms with Gasteiger partial charge in [0.15, 0.2) is 0 Å². The van der Waals surface area contributed by atoms with Crippen molar-refractivity contribution in [2.75, 3.05) is 20.3 Å². The summed E-state index contributed by atoms with van der Waals surface area (Å²) < 4.78 is 4.66. The first kappa shape index (κ1) is 11.9. The van der Waals surface area contributed by atoms with E-state index in [4.69, 9.17) is 10.8 Å². The van der Waals surface area contributed by atoms with Crippen molar-refractivity contribution in [1.29, 1.82) is 0 Å². The van der Waals surface area contributed by atoms with E-state index in [1.165, 1.54) is 7.11 Å². The number of hydrogen-bond donors (Lipinski definition) is 3. The molecule has 6 nitrogen and oxygen atoms in total. The van der Waals surface area contributed by atoms with Gasteiger partial charge in [0.25, 0.3) is 0 Å². The van der Waals surface area contributed by atoms with E-state index in [1.807, 2.05) is 0 Å². The molecular formula is C7H14N2O4. The van der Waals surface area contributed by atoms with Gasteiger partial charge in [0, 0.05) is 20.1 Å². The lowest BCUT2D eigenvalue weighted by atomic mass is 10.3. The monoisotopic (exact) mass is 190 g/mol. The van der Waals surface area contributed by atoms with E-state index >= 15 is 0 Å². The zero-order valence-corrected chi connectivity index (χ0v) is 7.45. The first-order chi connectivity index (χ1) is 6.07. The van der Waals surface area contributed by atoms with Crippen LogP contribution < -0.4 is 11.1 Å². The van der Waals surface area contributed by atoms with Crippen LogP contribution in [0.4, 0.5) is 0 Å². The fraction of sp³-hybridized carbons (Fsp3) is 0.714. The molecule has 0 aliphatic rings. The average molecular weight is 190 g/mol. The largest absolute Gasteiger partial charge is 0.480 e. The number of amides is 1. The third kappa shape index (κ3) is 6.06. The topological polar surface area (TPSA) is 102 Å². The van der Waals surface area contributed by atoms with Crippen molar-refractivity contribution in [3.8, 4) is 0 Å². The van der Waals surface area contributed by atoms with Gasteiger partial charge in [-0.15, -0.1) is 0 Å². The number of nitrogens with one attached hydrogen (secondary N) is 1. The Morgan fingerprint density at radius 1 is 1.62 bits per heavy atom. The van der Waals surface area contributed by atoms with Crippen LogP contribution in [-0.4, -0.2) is 43.3 Å². The smallest absolute Gasteiger partial charge is 0.322 e. The zero-order valence-electron chi connectivity index (χ0n) is 7.45. The Labute approximate surface area is 76.0 Å². The molecule has 0 aromatic heterocycles. The Kier molecular flexibility index (Phi) is 5.82. The molecule has 0 aromatic carbocycles. The maximum Gasteiger partial charge on any atom is 0.322 e. The lowest BCUT2D eigenvalue weighted by Gasteiger charge is -2.07. The molecule has 13 heavy (non-hydrogen) atoms. The summed E-state index contributed by atoms with van der Waals surface area (Å²) in [6, 6.07) is -1.05. The summed E-state index contributed by atoms with van der Waals surface area (Å²) in [5, 5.41) is 10.7. The summed E-state index contributed by atoms with van der Waals surface area (Å²) in [4.78, 5) is 21.1. The maximum absolute atomic E-state index is 10.9. The van der Waals surface area contributed by atoms with E-state index in [1.54, 1.807) is 0 Å². The van der Waals surface area contributed by atoms with Gasteiger partial charge in [-0.1, -0.05) is 0 Å². The third-order valence-corrected chi connectivity index (χ3v) is 1.37. The first-order valence-corrected chi connectivity index (χ1v) is 3.82. The molecule has 0 aromatic rings. The molecule has 0 fully saturated rings. The second-order valence-corrected chi connectivity index (χ2v) is 2.49. The summed E-state index contributed by atoms with van der Waals surface area (Å²) in [6.45, 7) is 0.256. The van der Waals surface area contributed by atoms with E-state index < -0.39 is 12.0 Å². The lowest BCUT2D eigenvalue weighted by Crippen LogP contribution is -2.42. The second-order valence-electron chi connectivity index (χ2n) is 2.49. The normalized spacial score (nSPS) is 12.2. The highest BCUT2D eigenvalue weighted by Crippen LogP contribution is 1.81. The van der Waals surface area contributed by atoms with E-state index in [2.05, 4.69) is 10.1 Å². The molecule has 0 heterocycles. The van der Waals surface area contributed by atoms with Gasteiger partial charge in [-0.2, -0.15) is 0 Å². The van der Waals surface area contributed by atoms with E-state index in [-0.39, 0.29) is 18.9 Å². The molecule has 0 rings (SSSR count). The number of rotatable bonds is 6. The van der Waals surface area contributed by atoms with Crippen LogP contribution in [0.2, 0.25) is 0 Å². The Morgan fingerprint density at radius 2 is 2.23 bits per heavy atom. The number of nitrogens with two attached hydrogens (primary N) is 1. The molecular weight excluding hydrogens is 176 g/mol. The predicted molar refractivity (Wildman–Crippen MR) is 45.1 cm³/mol. The molecule has 0 aliphatic carbocycles. The van der Waals surface area contributed by atoms with Crippen LogP contribution in [0.1, 0.15) is 6.42 Å². The highest BCUT2D eigenvalue weighted by Gasteiger charge is 2.11. The van der Waals surface area contributed by atoms with Crippen LogP contribution in [-0.2, 0) is 14.3 Å². The van der Waals surface area contributed by atoms with Crippen molar-refractivity contribution in [2.45, 2.75) is 12.5 Å². The quantitative estimate of drug-likeness (QED) is 0.475. The van der Waals surface area contributed by atoms with Crippen LogP contribution in [0.3, 0.4) is 0 Å². The van der Waals surface area contributed by atoms with Crippen molar-refractivity contribution in [3.63, 3.8) is 0 Å². The molecule has 0 saturated carbocycles. The van der Waals surface area contributed by atoms with E-state index in [9.17, 15) is 9.59 Å². The van der Waals surface area contributed by atoms with Crippen LogP contribution in [0, 0.1) is 0 Å². The van der Waals surface area contributed by atoms with Gasteiger partial charge in [-0.25, -0.2) is 0 Å². The molecule has 1 atom stereocenters. The number of carbonyl (C=O) groups is 2. The standard InChI is InChI=1S/C7H14N2O4/c1-13-3-2-6(10)9-4-5(8)7(11)12/h5H,2-4,8H2,1H3,(H,9,10)(H,11,12)/t5-/m0/s1. The average Bonchev–Trinajstić information content (AvgIpc) is 2.10. The molecule has 0 spiro atoms. The lowest BCUT2D eigenvalue weighted by molar-refractivity contribution is -0.138. The van der Waals surface area contributed by atoms with Crippen molar-refractivity contribution in [3.05, 3.63) is 0 Å². The van der Waals surface area contributed by atoms with E-state index in [0.29, 0.717) is 6.61 Å². The summed E-state index contributed by atoms with van der Waals surface area (Å²) in [5.41, 5.74) is 5.15. The molecule has 0 saturated heterocycles. The number of aliphatic carboxylic acids is 1. The predicted octanol–water partition coefficient (Wildman–Crippen LogP) is -1.45. The van der Waals surface area contributed by atoms with Gasteiger partial charge in [-0.05, 0) is 0 Å². The summed E-state index contributed by atoms with van der Waals surface area (Å²) >= 11 is 0. The number of carbonyl (C=O) groups excluding carboxylic acids is 1. The Hall–Kier alpha value is -1.14. The van der Waals surface area contributed by atoms with E-state index in [0.717, 1.165) is 0 Å². The van der Waals surface area contributed by atoms with Gasteiger partial charge in [-0.3, -0.25) is 9.59 Å². The number of carboxylic acids is 1. The minimum absolute atomic E-state index is 0.0577. The SMILES string of the molecule is COCCC(=O)NC[C@H](N)C(=O)O. The Morgan fingerprint density at radius 3 is 2.69 bits per heavy atom. The highest BCUT2D eigenvalue weighted by molar-refractivity contribution is 5.78. The molecule has 0 unspecified atom stereocenters. The molecule has 76 valence electrons. The fourth-order valence-electron chi connectivity index (χ4n) is 0.594. The van der Waals surface area contributed by atoms with Gasteiger partial charge >= 0.3 is 5.97 Å². The third-order valence-electron chi connectivity index (χ3n) is 1.37. The van der Waals surface area contributed by atoms with Gasteiger partial charge in [0.2, 0.25) is 5.91 Å². The molecule has 4 N–H and O–H groups in total. The van der Waals surface area contributed by atoms with Crippen molar-refractivity contribution in [1.82, 2.24) is 5.32 Å². The van der Waals surface area contributed by atoms with Gasteiger partial charge in [0.1, 0.15) is 6.04 Å². The summed E-state index contributed by atoms with van der Waals surface area (Å²) in [6.07, 6.45) is 0.211. The Bertz CT molecular complexity index is 183. The number of methoxy groups -OCH3 is 1. The van der Waals surface area contributed by atoms with Crippen LogP contribution in [0.15, 0.2) is 0 Å². The fourth-order valence-corrected chi connectivity index (χ4v) is 0.594. The molecule has 6 heteroatoms. The number of carboxylic acid groups (broad SMARTS) is 1. The zero-order chi connectivity index (χ0) is 10.3. The first-order valence-electron chi connectivity index (χ1n) is 3.82. The maximum atomic E-state index is 10.9. The summed E-state index contributed by atoms with van der Waals surface area (Å²) in [7, 11) is 1.48. The number of ether oxygens (including phenoxy) is 1. The second kappa shape index (κ2) is 6.38. The number of hydrogen-bond acceptors (Lipinski definition) is 4. The summed E-state index contributed by atoms with van der Waals surface area (Å²) in [5.74, 6) is -1.40. The molecule has 1 amide bonds. The molecule has 0 aliphatic heterocycles. The highest BCUT2D eigenvalue weighted by atomic mass is 16.5. The van der Waals surface area contributed by atoms with Crippen LogP contribution >= 0.6 is 0 Å². The minimum Gasteiger partial charge on any atom is -0.480 e. The van der Waals surface area contributed by atoms with Crippen molar-refractivity contribution < 1.29 is 19.4 Å². The molecule has 0 bridgehead atoms. The Balaban J connectivity index is 3.52. The van der Waals surface area contributed by atoms with Crippen LogP contribution in [0.5, 0.6) is 0 Å². The van der Waals surface area contributed by atoms with Gasteiger partial charge < -0.3 is 20.9 Å². The minimum atomic E-state index is -1.13. The van der Waals surface area contributed by atoms with Crippen molar-refractivity contribution >= 4 is 11.9 Å². The molecule has 0 radical (unpaired) electrons. The van der Waals surface area contributed by atoms with Crippen molar-refractivity contribution in [2.24, 2.45) is 5.73 Å². The van der Waals surface area contributed by atoms with Gasteiger partial charge in [0.05, 0.1) is 6.61 Å². The van der Waals surface area contributed by atoms with Crippen LogP contribution in [0.25, 0.3) is 0 Å².